The van der Waals surface area contributed by atoms with Gasteiger partial charge in [0.2, 0.25) is 0 Å². The summed E-state index contributed by atoms with van der Waals surface area (Å²) in [5, 5.41) is 8.78. The van der Waals surface area contributed by atoms with E-state index >= 15 is 0 Å². The summed E-state index contributed by atoms with van der Waals surface area (Å²) in [6, 6.07) is 1.33. The maximum absolute atomic E-state index is 13.4. The number of hydrogen-bond donors (Lipinski definition) is 1. The second-order valence-electron chi connectivity index (χ2n) is 3.89. The van der Waals surface area contributed by atoms with Gasteiger partial charge in [-0.2, -0.15) is 0 Å². The van der Waals surface area contributed by atoms with Crippen molar-refractivity contribution in [1.29, 1.82) is 0 Å². The second-order valence-corrected chi connectivity index (χ2v) is 4.26. The van der Waals surface area contributed by atoms with Gasteiger partial charge in [0.15, 0.2) is 0 Å². The summed E-state index contributed by atoms with van der Waals surface area (Å²) in [5.74, 6) is -1.84. The number of aromatic carboxylic acids is 1. The molecule has 0 radical (unpaired) electrons. The Bertz CT molecular complexity index is 462. The first-order valence-electron chi connectivity index (χ1n) is 4.97. The van der Waals surface area contributed by atoms with Gasteiger partial charge in [0.1, 0.15) is 11.4 Å². The first kappa shape index (κ1) is 11.2. The molecule has 0 saturated heterocycles. The highest BCUT2D eigenvalue weighted by atomic mass is 35.5. The van der Waals surface area contributed by atoms with Crippen molar-refractivity contribution in [2.75, 3.05) is 18.5 Å². The highest BCUT2D eigenvalue weighted by Crippen LogP contribution is 2.36. The lowest BCUT2D eigenvalue weighted by Gasteiger charge is -2.29. The molecule has 16 heavy (non-hydrogen) atoms. The van der Waals surface area contributed by atoms with Crippen molar-refractivity contribution >= 4 is 23.3 Å². The van der Waals surface area contributed by atoms with Crippen LogP contribution in [0.2, 0.25) is 5.02 Å². The molecule has 0 spiro atoms. The van der Waals surface area contributed by atoms with E-state index in [1.54, 1.807) is 7.05 Å². The summed E-state index contributed by atoms with van der Waals surface area (Å²) in [4.78, 5) is 12.9. The number of aryl methyl sites for hydroxylation is 1. The third kappa shape index (κ3) is 1.63. The lowest BCUT2D eigenvalue weighted by molar-refractivity contribution is 0.0697. The fraction of sp³-hybridized carbons (Fsp3) is 0.364. The number of rotatable bonds is 1. The standard InChI is InChI=1S/C11H11ClFNO2/c1-14-4-2-3-6-5-7(13)9(12)8(10(6)14)11(15)16/h5H,2-4H2,1H3,(H,15,16). The number of anilines is 1. The van der Waals surface area contributed by atoms with E-state index in [1.165, 1.54) is 6.07 Å². The third-order valence-electron chi connectivity index (χ3n) is 2.81. The molecule has 1 aromatic carbocycles. The molecule has 1 aliphatic rings. The number of carboxylic acid groups (broad SMARTS) is 1. The van der Waals surface area contributed by atoms with Gasteiger partial charge in [-0.1, -0.05) is 11.6 Å². The quantitative estimate of drug-likeness (QED) is 0.824. The molecule has 86 valence electrons. The van der Waals surface area contributed by atoms with Crippen LogP contribution in [-0.4, -0.2) is 24.7 Å². The van der Waals surface area contributed by atoms with Gasteiger partial charge in [-0.3, -0.25) is 0 Å². The molecule has 0 saturated carbocycles. The van der Waals surface area contributed by atoms with E-state index in [9.17, 15) is 9.18 Å². The summed E-state index contributed by atoms with van der Waals surface area (Å²) in [7, 11) is 1.79. The third-order valence-corrected chi connectivity index (χ3v) is 3.18. The normalized spacial score (nSPS) is 14.8. The number of carboxylic acids is 1. The van der Waals surface area contributed by atoms with Crippen molar-refractivity contribution in [3.63, 3.8) is 0 Å². The van der Waals surface area contributed by atoms with Gasteiger partial charge in [0, 0.05) is 13.6 Å². The molecule has 0 bridgehead atoms. The minimum absolute atomic E-state index is 0.126. The highest BCUT2D eigenvalue weighted by Gasteiger charge is 2.26. The lowest BCUT2D eigenvalue weighted by Crippen LogP contribution is -2.27. The van der Waals surface area contributed by atoms with Crippen LogP contribution in [0.25, 0.3) is 0 Å². The maximum atomic E-state index is 13.4. The highest BCUT2D eigenvalue weighted by molar-refractivity contribution is 6.34. The van der Waals surface area contributed by atoms with Crippen LogP contribution < -0.4 is 4.90 Å². The van der Waals surface area contributed by atoms with Crippen LogP contribution in [0.15, 0.2) is 6.07 Å². The molecule has 3 nitrogen and oxygen atoms in total. The van der Waals surface area contributed by atoms with Crippen LogP contribution in [0, 0.1) is 5.82 Å². The number of fused-ring (bicyclic) bond motifs is 1. The van der Waals surface area contributed by atoms with Gasteiger partial charge in [-0.05, 0) is 24.5 Å². The molecular weight excluding hydrogens is 233 g/mol. The fourth-order valence-electron chi connectivity index (χ4n) is 2.11. The molecule has 0 atom stereocenters. The van der Waals surface area contributed by atoms with E-state index in [0.717, 1.165) is 13.0 Å². The zero-order chi connectivity index (χ0) is 11.9. The number of hydrogen-bond acceptors (Lipinski definition) is 2. The van der Waals surface area contributed by atoms with Crippen molar-refractivity contribution in [3.8, 4) is 0 Å². The SMILES string of the molecule is CN1CCCc2cc(F)c(Cl)c(C(=O)O)c21. The summed E-state index contributed by atoms with van der Waals surface area (Å²) >= 11 is 5.71. The van der Waals surface area contributed by atoms with Gasteiger partial charge < -0.3 is 10.0 Å². The molecule has 1 aliphatic heterocycles. The smallest absolute Gasteiger partial charge is 0.339 e. The number of halogens is 2. The van der Waals surface area contributed by atoms with E-state index in [2.05, 4.69) is 0 Å². The predicted molar refractivity (Wildman–Crippen MR) is 60.0 cm³/mol. The Morgan fingerprint density at radius 1 is 1.62 bits per heavy atom. The fourth-order valence-corrected chi connectivity index (χ4v) is 2.33. The van der Waals surface area contributed by atoms with E-state index < -0.39 is 11.8 Å². The average molecular weight is 244 g/mol. The van der Waals surface area contributed by atoms with Crippen LogP contribution in [0.1, 0.15) is 22.3 Å². The monoisotopic (exact) mass is 243 g/mol. The van der Waals surface area contributed by atoms with Gasteiger partial charge in [0.05, 0.1) is 10.7 Å². The van der Waals surface area contributed by atoms with Crippen molar-refractivity contribution in [1.82, 2.24) is 0 Å². The molecular formula is C11H11ClFNO2. The Balaban J connectivity index is 2.73. The first-order valence-corrected chi connectivity index (χ1v) is 5.35. The zero-order valence-corrected chi connectivity index (χ0v) is 9.51. The van der Waals surface area contributed by atoms with Crippen LogP contribution in [0.4, 0.5) is 10.1 Å². The molecule has 0 amide bonds. The van der Waals surface area contributed by atoms with Gasteiger partial charge >= 0.3 is 5.97 Å². The van der Waals surface area contributed by atoms with Crippen molar-refractivity contribution in [2.45, 2.75) is 12.8 Å². The minimum Gasteiger partial charge on any atom is -0.478 e. The van der Waals surface area contributed by atoms with E-state index in [0.29, 0.717) is 17.7 Å². The lowest BCUT2D eigenvalue weighted by atomic mass is 9.97. The maximum Gasteiger partial charge on any atom is 0.339 e. The van der Waals surface area contributed by atoms with Gasteiger partial charge in [0.25, 0.3) is 0 Å². The average Bonchev–Trinajstić information content (AvgIpc) is 2.20. The topological polar surface area (TPSA) is 40.5 Å². The Morgan fingerprint density at radius 2 is 2.31 bits per heavy atom. The summed E-state index contributed by atoms with van der Waals surface area (Å²) in [5.41, 5.74) is 1.14. The number of benzene rings is 1. The largest absolute Gasteiger partial charge is 0.478 e. The summed E-state index contributed by atoms with van der Waals surface area (Å²) in [6.07, 6.45) is 1.58. The van der Waals surface area contributed by atoms with Gasteiger partial charge in [-0.25, -0.2) is 9.18 Å². The van der Waals surface area contributed by atoms with Crippen molar-refractivity contribution < 1.29 is 14.3 Å². The molecule has 1 heterocycles. The Hall–Kier alpha value is -1.29. The van der Waals surface area contributed by atoms with E-state index in [-0.39, 0.29) is 10.6 Å². The number of carbonyl (C=O) groups is 1. The van der Waals surface area contributed by atoms with E-state index in [4.69, 9.17) is 16.7 Å². The molecule has 0 aliphatic carbocycles. The molecule has 0 fully saturated rings. The van der Waals surface area contributed by atoms with Gasteiger partial charge in [-0.15, -0.1) is 0 Å². The van der Waals surface area contributed by atoms with Crippen molar-refractivity contribution in [3.05, 3.63) is 28.0 Å². The molecule has 2 rings (SSSR count). The number of nitrogens with zero attached hydrogens (tertiary/aromatic N) is 1. The Morgan fingerprint density at radius 3 is 2.94 bits per heavy atom. The molecule has 1 aromatic rings. The zero-order valence-electron chi connectivity index (χ0n) is 8.76. The molecule has 1 N–H and O–H groups in total. The van der Waals surface area contributed by atoms with Crippen LogP contribution in [-0.2, 0) is 6.42 Å². The first-order chi connectivity index (χ1) is 7.52. The predicted octanol–water partition coefficient (Wildman–Crippen LogP) is 2.56. The van der Waals surface area contributed by atoms with Crippen molar-refractivity contribution in [2.24, 2.45) is 0 Å². The molecule has 0 aromatic heterocycles. The molecule has 0 unspecified atom stereocenters. The Labute approximate surface area is 97.4 Å². The Kier molecular flexibility index (Phi) is 2.76. The molecule has 5 heteroatoms. The van der Waals surface area contributed by atoms with Crippen LogP contribution in [0.5, 0.6) is 0 Å². The second kappa shape index (κ2) is 3.94. The van der Waals surface area contributed by atoms with E-state index in [1.807, 2.05) is 4.90 Å². The summed E-state index contributed by atoms with van der Waals surface area (Å²) < 4.78 is 13.4. The summed E-state index contributed by atoms with van der Waals surface area (Å²) in [6.45, 7) is 0.759. The van der Waals surface area contributed by atoms with Crippen LogP contribution >= 0.6 is 11.6 Å². The van der Waals surface area contributed by atoms with Crippen LogP contribution in [0.3, 0.4) is 0 Å². The minimum atomic E-state index is -1.19.